The maximum Gasteiger partial charge on any atom is 0.254 e. The quantitative estimate of drug-likeness (QED) is 0.420. The van der Waals surface area contributed by atoms with Gasteiger partial charge in [0.1, 0.15) is 23.9 Å². The molecule has 1 aromatic heterocycles. The van der Waals surface area contributed by atoms with Gasteiger partial charge in [-0.25, -0.2) is 4.68 Å². The van der Waals surface area contributed by atoms with E-state index in [1.54, 1.807) is 30.0 Å². The minimum atomic E-state index is -0.351. The summed E-state index contributed by atoms with van der Waals surface area (Å²) in [6, 6.07) is 12.9. The molecule has 0 saturated carbocycles. The molecule has 0 fully saturated rings. The van der Waals surface area contributed by atoms with E-state index in [2.05, 4.69) is 32.2 Å². The lowest BCUT2D eigenvalue weighted by Crippen LogP contribution is -2.40. The van der Waals surface area contributed by atoms with Gasteiger partial charge in [-0.05, 0) is 37.6 Å². The number of rotatable bonds is 10. The van der Waals surface area contributed by atoms with Crippen molar-refractivity contribution in [2.75, 3.05) is 46.3 Å². The highest BCUT2D eigenvalue weighted by atomic mass is 16.5. The molecule has 2 amide bonds. The fraction of sp³-hybridized carbons (Fsp3) is 0.414. The number of ether oxygens (including phenoxy) is 3. The number of benzene rings is 2. The molecular weight excluding hydrogens is 484 g/mol. The first-order valence-electron chi connectivity index (χ1n) is 12.5. The molecule has 1 heterocycles. The number of hydrogen-bond acceptors (Lipinski definition) is 6. The van der Waals surface area contributed by atoms with Gasteiger partial charge in [0.05, 0.1) is 32.2 Å². The fourth-order valence-corrected chi connectivity index (χ4v) is 3.99. The van der Waals surface area contributed by atoms with E-state index in [0.29, 0.717) is 22.9 Å². The molecule has 0 atom stereocenters. The van der Waals surface area contributed by atoms with Crippen molar-refractivity contribution < 1.29 is 23.8 Å². The van der Waals surface area contributed by atoms with Crippen LogP contribution in [-0.4, -0.2) is 67.5 Å². The van der Waals surface area contributed by atoms with Crippen molar-refractivity contribution in [1.82, 2.24) is 14.7 Å². The smallest absolute Gasteiger partial charge is 0.254 e. The number of anilines is 1. The number of nitrogens with zero attached hydrogens (tertiary/aromatic N) is 3. The van der Waals surface area contributed by atoms with Crippen LogP contribution in [0.5, 0.6) is 11.5 Å². The summed E-state index contributed by atoms with van der Waals surface area (Å²) in [5, 5.41) is 7.80. The summed E-state index contributed by atoms with van der Waals surface area (Å²) in [6.45, 7) is 10.6. The Hall–Kier alpha value is -3.85. The number of methoxy groups -OCH3 is 3. The molecule has 0 aliphatic heterocycles. The fourth-order valence-electron chi connectivity index (χ4n) is 3.99. The molecule has 204 valence electrons. The third-order valence-electron chi connectivity index (χ3n) is 6.11. The maximum atomic E-state index is 13.4. The Labute approximate surface area is 224 Å². The highest BCUT2D eigenvalue weighted by molar-refractivity contribution is 5.99. The molecule has 9 nitrogen and oxygen atoms in total. The van der Waals surface area contributed by atoms with E-state index in [4.69, 9.17) is 19.3 Å². The van der Waals surface area contributed by atoms with Crippen molar-refractivity contribution in [2.45, 2.75) is 40.0 Å². The van der Waals surface area contributed by atoms with Crippen molar-refractivity contribution in [1.29, 1.82) is 0 Å². The molecule has 0 bridgehead atoms. The van der Waals surface area contributed by atoms with Crippen molar-refractivity contribution in [2.24, 2.45) is 0 Å². The number of carbonyl (C=O) groups excluding carboxylic acids is 2. The van der Waals surface area contributed by atoms with E-state index >= 15 is 0 Å². The Bertz CT molecular complexity index is 1270. The lowest BCUT2D eigenvalue weighted by atomic mass is 9.92. The SMILES string of the molecule is COCCN(CC(=O)Nc1cc(C(C)(C)C)nn1-c1ccc(C)cc1C)C(=O)c1cc(OC)cc(OC)c1. The van der Waals surface area contributed by atoms with Crippen LogP contribution in [0.25, 0.3) is 5.69 Å². The molecule has 38 heavy (non-hydrogen) atoms. The zero-order chi connectivity index (χ0) is 28.0. The second-order valence-corrected chi connectivity index (χ2v) is 10.2. The molecule has 3 aromatic rings. The predicted molar refractivity (Wildman–Crippen MR) is 148 cm³/mol. The van der Waals surface area contributed by atoms with Crippen molar-refractivity contribution in [3.05, 3.63) is 64.8 Å². The number of aryl methyl sites for hydroxylation is 2. The minimum absolute atomic E-state index is 0.176. The number of nitrogens with one attached hydrogen (secondary N) is 1. The molecule has 0 spiro atoms. The Morgan fingerprint density at radius 3 is 2.18 bits per heavy atom. The summed E-state index contributed by atoms with van der Waals surface area (Å²) in [5.41, 5.74) is 4.01. The van der Waals surface area contributed by atoms with E-state index in [1.807, 2.05) is 32.0 Å². The lowest BCUT2D eigenvalue weighted by Gasteiger charge is -2.22. The number of aromatic nitrogens is 2. The standard InChI is InChI=1S/C29H38N4O5/c1-19-9-10-24(20(2)13-19)33-26(17-25(31-33)29(3,4)5)30-27(34)18-32(11-12-36-6)28(35)21-14-22(37-7)16-23(15-21)38-8/h9-10,13-17H,11-12,18H2,1-8H3,(H,30,34). The zero-order valence-corrected chi connectivity index (χ0v) is 23.5. The van der Waals surface area contributed by atoms with Gasteiger partial charge in [-0.2, -0.15) is 5.10 Å². The third-order valence-corrected chi connectivity index (χ3v) is 6.11. The second kappa shape index (κ2) is 12.1. The number of hydrogen-bond donors (Lipinski definition) is 1. The summed E-state index contributed by atoms with van der Waals surface area (Å²) in [4.78, 5) is 28.2. The lowest BCUT2D eigenvalue weighted by molar-refractivity contribution is -0.117. The highest BCUT2D eigenvalue weighted by Gasteiger charge is 2.24. The van der Waals surface area contributed by atoms with E-state index < -0.39 is 0 Å². The van der Waals surface area contributed by atoms with Crippen LogP contribution in [0.4, 0.5) is 5.82 Å². The van der Waals surface area contributed by atoms with Gasteiger partial charge in [0.25, 0.3) is 5.91 Å². The highest BCUT2D eigenvalue weighted by Crippen LogP contribution is 2.28. The molecule has 3 rings (SSSR count). The Balaban J connectivity index is 1.91. The minimum Gasteiger partial charge on any atom is -0.497 e. The van der Waals surface area contributed by atoms with Gasteiger partial charge < -0.3 is 24.4 Å². The van der Waals surface area contributed by atoms with Gasteiger partial charge in [-0.3, -0.25) is 9.59 Å². The molecule has 0 unspecified atom stereocenters. The first-order valence-corrected chi connectivity index (χ1v) is 12.5. The van der Waals surface area contributed by atoms with Crippen LogP contribution >= 0.6 is 0 Å². The number of carbonyl (C=O) groups is 2. The average Bonchev–Trinajstić information content (AvgIpc) is 3.29. The van der Waals surface area contributed by atoms with Gasteiger partial charge in [-0.1, -0.05) is 38.5 Å². The molecular formula is C29H38N4O5. The average molecular weight is 523 g/mol. The van der Waals surface area contributed by atoms with Crippen LogP contribution < -0.4 is 14.8 Å². The van der Waals surface area contributed by atoms with E-state index in [-0.39, 0.29) is 36.9 Å². The zero-order valence-electron chi connectivity index (χ0n) is 23.5. The second-order valence-electron chi connectivity index (χ2n) is 10.2. The van der Waals surface area contributed by atoms with E-state index in [0.717, 1.165) is 22.5 Å². The van der Waals surface area contributed by atoms with Crippen LogP contribution in [0, 0.1) is 13.8 Å². The first kappa shape index (κ1) is 28.7. The molecule has 0 radical (unpaired) electrons. The Morgan fingerprint density at radius 2 is 1.63 bits per heavy atom. The van der Waals surface area contributed by atoms with Crippen molar-refractivity contribution in [3.63, 3.8) is 0 Å². The summed E-state index contributed by atoms with van der Waals surface area (Å²) in [7, 11) is 4.58. The Morgan fingerprint density at radius 1 is 0.974 bits per heavy atom. The normalized spacial score (nSPS) is 11.3. The van der Waals surface area contributed by atoms with Crippen LogP contribution in [0.2, 0.25) is 0 Å². The van der Waals surface area contributed by atoms with Gasteiger partial charge in [0.2, 0.25) is 5.91 Å². The predicted octanol–water partition coefficient (Wildman–Crippen LogP) is 4.53. The van der Waals surface area contributed by atoms with E-state index in [1.165, 1.54) is 19.1 Å². The third kappa shape index (κ3) is 6.92. The summed E-state index contributed by atoms with van der Waals surface area (Å²) in [6.07, 6.45) is 0. The maximum absolute atomic E-state index is 13.4. The molecule has 1 N–H and O–H groups in total. The summed E-state index contributed by atoms with van der Waals surface area (Å²) < 4.78 is 17.6. The first-order chi connectivity index (χ1) is 18.0. The van der Waals surface area contributed by atoms with Gasteiger partial charge in [0, 0.05) is 36.8 Å². The van der Waals surface area contributed by atoms with E-state index in [9.17, 15) is 9.59 Å². The largest absolute Gasteiger partial charge is 0.497 e. The van der Waals surface area contributed by atoms with Gasteiger partial charge in [0.15, 0.2) is 0 Å². The van der Waals surface area contributed by atoms with Crippen molar-refractivity contribution in [3.8, 4) is 17.2 Å². The van der Waals surface area contributed by atoms with Gasteiger partial charge in [-0.15, -0.1) is 0 Å². The number of amides is 2. The van der Waals surface area contributed by atoms with Crippen LogP contribution in [0.3, 0.4) is 0 Å². The molecule has 9 heteroatoms. The Kier molecular flexibility index (Phi) is 9.17. The summed E-state index contributed by atoms with van der Waals surface area (Å²) in [5.74, 6) is 0.810. The molecule has 0 aliphatic rings. The van der Waals surface area contributed by atoms with Gasteiger partial charge >= 0.3 is 0 Å². The van der Waals surface area contributed by atoms with Crippen LogP contribution in [0.15, 0.2) is 42.5 Å². The summed E-state index contributed by atoms with van der Waals surface area (Å²) >= 11 is 0. The van der Waals surface area contributed by atoms with Crippen LogP contribution in [-0.2, 0) is 14.9 Å². The topological polar surface area (TPSA) is 94.9 Å². The van der Waals surface area contributed by atoms with Crippen molar-refractivity contribution >= 4 is 17.6 Å². The molecule has 0 aliphatic carbocycles. The molecule has 0 saturated heterocycles. The monoisotopic (exact) mass is 522 g/mol. The molecule has 2 aromatic carbocycles. The van der Waals surface area contributed by atoms with Crippen LogP contribution in [0.1, 0.15) is 48.0 Å².